The molecule has 2 aromatic heterocycles. The molecule has 3 rings (SSSR count). The van der Waals surface area contributed by atoms with Crippen LogP contribution in [0.25, 0.3) is 11.0 Å². The lowest BCUT2D eigenvalue weighted by molar-refractivity contribution is -0.133. The summed E-state index contributed by atoms with van der Waals surface area (Å²) in [6.45, 7) is 2.76. The maximum atomic E-state index is 12.5. The number of nitrogens with zero attached hydrogens (tertiary/aromatic N) is 1. The summed E-state index contributed by atoms with van der Waals surface area (Å²) in [4.78, 5) is 26.3. The van der Waals surface area contributed by atoms with E-state index < -0.39 is 5.97 Å². The largest absolute Gasteiger partial charge is 0.450 e. The molecule has 1 amide bonds. The summed E-state index contributed by atoms with van der Waals surface area (Å²) < 4.78 is 16.3. The molecule has 7 heteroatoms. The molecule has 0 aliphatic rings. The fraction of sp³-hybridized carbons (Fsp3) is 0.300. The normalized spacial score (nSPS) is 10.9. The van der Waals surface area contributed by atoms with E-state index in [1.165, 1.54) is 4.90 Å². The van der Waals surface area contributed by atoms with Gasteiger partial charge in [-0.15, -0.1) is 0 Å². The van der Waals surface area contributed by atoms with Crippen molar-refractivity contribution >= 4 is 34.2 Å². The molecule has 6 nitrogen and oxygen atoms in total. The Labute approximate surface area is 161 Å². The molecule has 2 heterocycles. The average Bonchev–Trinajstić information content (AvgIpc) is 3.31. The van der Waals surface area contributed by atoms with Crippen LogP contribution in [0.15, 0.2) is 45.5 Å². The number of fused-ring (bicyclic) bond motifs is 1. The molecule has 0 radical (unpaired) electrons. The topological polar surface area (TPSA) is 69.0 Å². The van der Waals surface area contributed by atoms with Crippen molar-refractivity contribution in [3.8, 4) is 0 Å². The van der Waals surface area contributed by atoms with Gasteiger partial charge in [-0.3, -0.25) is 4.79 Å². The van der Waals surface area contributed by atoms with Crippen LogP contribution >= 0.6 is 11.3 Å². The smallest absolute Gasteiger partial charge is 0.375 e. The van der Waals surface area contributed by atoms with Crippen molar-refractivity contribution < 1.29 is 23.5 Å². The van der Waals surface area contributed by atoms with Gasteiger partial charge in [-0.1, -0.05) is 18.2 Å². The fourth-order valence-corrected chi connectivity index (χ4v) is 3.32. The highest BCUT2D eigenvalue weighted by atomic mass is 32.1. The van der Waals surface area contributed by atoms with E-state index in [9.17, 15) is 9.59 Å². The molecule has 0 saturated heterocycles. The second-order valence-corrected chi connectivity index (χ2v) is 6.78. The molecular formula is C20H21NO5S. The predicted molar refractivity (Wildman–Crippen MR) is 103 cm³/mol. The van der Waals surface area contributed by atoms with E-state index in [0.717, 1.165) is 10.9 Å². The Morgan fingerprint density at radius 1 is 1.22 bits per heavy atom. The lowest BCUT2D eigenvalue weighted by atomic mass is 10.1. The minimum absolute atomic E-state index is 0.0814. The maximum absolute atomic E-state index is 12.5. The van der Waals surface area contributed by atoms with Gasteiger partial charge >= 0.3 is 5.97 Å². The van der Waals surface area contributed by atoms with Crippen molar-refractivity contribution in [3.05, 3.63) is 58.0 Å². The molecule has 142 valence electrons. The van der Waals surface area contributed by atoms with Gasteiger partial charge < -0.3 is 18.8 Å². The van der Waals surface area contributed by atoms with Crippen LogP contribution in [0.3, 0.4) is 0 Å². The summed E-state index contributed by atoms with van der Waals surface area (Å²) in [5.41, 5.74) is 2.26. The quantitative estimate of drug-likeness (QED) is 0.549. The number of para-hydroxylation sites is 1. The Morgan fingerprint density at radius 2 is 2.04 bits per heavy atom. The number of thiophene rings is 1. The molecule has 0 bridgehead atoms. The Morgan fingerprint density at radius 3 is 2.78 bits per heavy atom. The van der Waals surface area contributed by atoms with Crippen molar-refractivity contribution in [2.24, 2.45) is 0 Å². The fourth-order valence-electron chi connectivity index (χ4n) is 2.66. The molecule has 0 saturated carbocycles. The summed E-state index contributed by atoms with van der Waals surface area (Å²) in [6, 6.07) is 9.29. The number of benzene rings is 1. The van der Waals surface area contributed by atoms with Crippen molar-refractivity contribution in [1.82, 2.24) is 4.90 Å². The summed E-state index contributed by atoms with van der Waals surface area (Å²) in [6.07, 6.45) is 0. The van der Waals surface area contributed by atoms with Crippen LogP contribution in [-0.4, -0.2) is 37.0 Å². The van der Waals surface area contributed by atoms with E-state index in [-0.39, 0.29) is 24.9 Å². The molecule has 27 heavy (non-hydrogen) atoms. The van der Waals surface area contributed by atoms with Crippen LogP contribution < -0.4 is 0 Å². The number of hydrogen-bond donors (Lipinski definition) is 0. The third-order valence-corrected chi connectivity index (χ3v) is 4.82. The number of amides is 1. The van der Waals surface area contributed by atoms with Crippen molar-refractivity contribution in [2.75, 3.05) is 20.3 Å². The molecule has 1 aromatic carbocycles. The molecule has 0 atom stereocenters. The first-order valence-electron chi connectivity index (χ1n) is 8.60. The number of hydrogen-bond acceptors (Lipinski definition) is 6. The third kappa shape index (κ3) is 4.56. The molecule has 0 unspecified atom stereocenters. The predicted octanol–water partition coefficient (Wildman–Crippen LogP) is 3.85. The molecule has 3 aromatic rings. The van der Waals surface area contributed by atoms with E-state index >= 15 is 0 Å². The van der Waals surface area contributed by atoms with Crippen LogP contribution in [0.2, 0.25) is 0 Å². The van der Waals surface area contributed by atoms with Crippen LogP contribution in [-0.2, 0) is 27.4 Å². The molecule has 0 aliphatic carbocycles. The van der Waals surface area contributed by atoms with Gasteiger partial charge in [0.2, 0.25) is 5.76 Å². The van der Waals surface area contributed by atoms with Gasteiger partial charge in [0, 0.05) is 31.1 Å². The Bertz CT molecular complexity index is 916. The molecule has 0 fully saturated rings. The zero-order chi connectivity index (χ0) is 19.2. The van der Waals surface area contributed by atoms with Crippen molar-refractivity contribution in [2.45, 2.75) is 20.1 Å². The molecule has 0 spiro atoms. The highest BCUT2D eigenvalue weighted by Crippen LogP contribution is 2.27. The lowest BCUT2D eigenvalue weighted by Crippen LogP contribution is -2.30. The number of likely N-dealkylation sites (N-methyl/N-ethyl adjacent to an activating group) is 1. The second-order valence-electron chi connectivity index (χ2n) is 6.00. The number of carbonyl (C=O) groups excluding carboxylic acids is 2. The Kier molecular flexibility index (Phi) is 6.26. The standard InChI is InChI=1S/C20H21NO5S/c1-3-24-11-16-15-6-4-5-7-17(15)26-19(16)20(23)25-12-18(22)21(2)10-14-8-9-27-13-14/h4-9,13H,3,10-12H2,1-2H3. The van der Waals surface area contributed by atoms with Gasteiger partial charge in [0.15, 0.2) is 6.61 Å². The SMILES string of the molecule is CCOCc1c(C(=O)OCC(=O)N(C)Cc2ccsc2)oc2ccccc12. The first-order valence-corrected chi connectivity index (χ1v) is 9.54. The van der Waals surface area contributed by atoms with Gasteiger partial charge in [-0.25, -0.2) is 4.79 Å². The van der Waals surface area contributed by atoms with Gasteiger partial charge in [-0.05, 0) is 35.4 Å². The first kappa shape index (κ1) is 19.1. The summed E-state index contributed by atoms with van der Waals surface area (Å²) in [5, 5.41) is 4.73. The number of ether oxygens (including phenoxy) is 2. The summed E-state index contributed by atoms with van der Waals surface area (Å²) >= 11 is 1.57. The van der Waals surface area contributed by atoms with Gasteiger partial charge in [-0.2, -0.15) is 11.3 Å². The van der Waals surface area contributed by atoms with E-state index in [1.807, 2.05) is 41.9 Å². The Hall–Kier alpha value is -2.64. The monoisotopic (exact) mass is 387 g/mol. The van der Waals surface area contributed by atoms with E-state index in [4.69, 9.17) is 13.9 Å². The number of carbonyl (C=O) groups is 2. The number of furan rings is 1. The van der Waals surface area contributed by atoms with Gasteiger partial charge in [0.25, 0.3) is 5.91 Å². The molecule has 0 aliphatic heterocycles. The average molecular weight is 387 g/mol. The van der Waals surface area contributed by atoms with Crippen LogP contribution in [0, 0.1) is 0 Å². The third-order valence-electron chi connectivity index (χ3n) is 4.09. The first-order chi connectivity index (χ1) is 13.1. The molecule has 0 N–H and O–H groups in total. The zero-order valence-electron chi connectivity index (χ0n) is 15.3. The Balaban J connectivity index is 1.67. The maximum Gasteiger partial charge on any atom is 0.375 e. The van der Waals surface area contributed by atoms with E-state index in [2.05, 4.69) is 0 Å². The minimum Gasteiger partial charge on any atom is -0.450 e. The molecular weight excluding hydrogens is 366 g/mol. The van der Waals surface area contributed by atoms with Gasteiger partial charge in [0.1, 0.15) is 5.58 Å². The van der Waals surface area contributed by atoms with E-state index in [0.29, 0.717) is 24.3 Å². The highest BCUT2D eigenvalue weighted by Gasteiger charge is 2.23. The lowest BCUT2D eigenvalue weighted by Gasteiger charge is -2.16. The summed E-state index contributed by atoms with van der Waals surface area (Å²) in [7, 11) is 1.68. The van der Waals surface area contributed by atoms with Crippen molar-refractivity contribution in [1.29, 1.82) is 0 Å². The minimum atomic E-state index is -0.668. The van der Waals surface area contributed by atoms with E-state index in [1.54, 1.807) is 24.5 Å². The zero-order valence-corrected chi connectivity index (χ0v) is 16.1. The van der Waals surface area contributed by atoms with Crippen LogP contribution in [0.5, 0.6) is 0 Å². The second kappa shape index (κ2) is 8.83. The van der Waals surface area contributed by atoms with Gasteiger partial charge in [0.05, 0.1) is 6.61 Å². The van der Waals surface area contributed by atoms with Crippen LogP contribution in [0.1, 0.15) is 28.6 Å². The van der Waals surface area contributed by atoms with Crippen molar-refractivity contribution in [3.63, 3.8) is 0 Å². The number of esters is 1. The highest BCUT2D eigenvalue weighted by molar-refractivity contribution is 7.07. The number of rotatable bonds is 8. The van der Waals surface area contributed by atoms with Crippen LogP contribution in [0.4, 0.5) is 0 Å². The summed E-state index contributed by atoms with van der Waals surface area (Å²) in [5.74, 6) is -0.867.